The van der Waals surface area contributed by atoms with Gasteiger partial charge in [0.1, 0.15) is 0 Å². The van der Waals surface area contributed by atoms with Crippen molar-refractivity contribution in [2.75, 3.05) is 19.3 Å². The van der Waals surface area contributed by atoms with Crippen molar-refractivity contribution in [2.45, 2.75) is 6.42 Å². The van der Waals surface area contributed by atoms with Gasteiger partial charge in [-0.2, -0.15) is 5.10 Å². The highest BCUT2D eigenvalue weighted by molar-refractivity contribution is 5.92. The summed E-state index contributed by atoms with van der Waals surface area (Å²) in [6.45, 7) is 0.271. The van der Waals surface area contributed by atoms with Crippen LogP contribution in [0.25, 0.3) is 5.69 Å². The molecule has 4 N–H and O–H groups in total. The minimum atomic E-state index is -0.312. The Kier molecular flexibility index (Phi) is 4.55. The van der Waals surface area contributed by atoms with Crippen molar-refractivity contribution in [1.82, 2.24) is 20.4 Å². The largest absolute Gasteiger partial charge is 0.399 e. The summed E-state index contributed by atoms with van der Waals surface area (Å²) in [6, 6.07) is 8.77. The molecular formula is C14H17N5O2. The molecule has 0 unspecified atom stereocenters. The van der Waals surface area contributed by atoms with Crippen molar-refractivity contribution in [1.29, 1.82) is 0 Å². The lowest BCUT2D eigenvalue weighted by atomic mass is 10.3. The molecule has 2 rings (SSSR count). The van der Waals surface area contributed by atoms with Gasteiger partial charge in [0, 0.05) is 31.9 Å². The molecule has 7 heteroatoms. The first kappa shape index (κ1) is 14.6. The van der Waals surface area contributed by atoms with Crippen LogP contribution in [0.15, 0.2) is 36.5 Å². The standard InChI is InChI=1S/C14H17N5O2/c1-16-13(20)6-8-17-14(21)12-7-9-19(18-12)11-4-2-10(15)3-5-11/h2-5,7,9H,6,8,15H2,1H3,(H,16,20)(H,17,21). The monoisotopic (exact) mass is 287 g/mol. The summed E-state index contributed by atoms with van der Waals surface area (Å²) in [5.41, 5.74) is 7.40. The van der Waals surface area contributed by atoms with E-state index in [2.05, 4.69) is 15.7 Å². The molecule has 7 nitrogen and oxygen atoms in total. The highest BCUT2D eigenvalue weighted by Gasteiger charge is 2.10. The Balaban J connectivity index is 1.97. The zero-order valence-corrected chi connectivity index (χ0v) is 11.7. The van der Waals surface area contributed by atoms with Crippen LogP contribution < -0.4 is 16.4 Å². The number of nitrogens with zero attached hydrogens (tertiary/aromatic N) is 2. The molecule has 0 atom stereocenters. The molecule has 0 radical (unpaired) electrons. The first-order valence-corrected chi connectivity index (χ1v) is 6.50. The van der Waals surface area contributed by atoms with Gasteiger partial charge >= 0.3 is 0 Å². The molecule has 0 bridgehead atoms. The first-order chi connectivity index (χ1) is 10.1. The summed E-state index contributed by atoms with van der Waals surface area (Å²) in [5.74, 6) is -0.434. The van der Waals surface area contributed by atoms with E-state index in [1.165, 1.54) is 0 Å². The number of nitrogens with two attached hydrogens (primary N) is 1. The Morgan fingerprint density at radius 3 is 2.62 bits per heavy atom. The normalized spacial score (nSPS) is 10.1. The fourth-order valence-electron chi connectivity index (χ4n) is 1.72. The minimum absolute atomic E-state index is 0.122. The number of aromatic nitrogens is 2. The molecule has 1 aromatic heterocycles. The maximum Gasteiger partial charge on any atom is 0.271 e. The van der Waals surface area contributed by atoms with Crippen molar-refractivity contribution in [2.24, 2.45) is 0 Å². The number of benzene rings is 1. The van der Waals surface area contributed by atoms with E-state index in [1.54, 1.807) is 36.1 Å². The number of nitrogens with one attached hydrogen (secondary N) is 2. The molecule has 0 spiro atoms. The van der Waals surface area contributed by atoms with E-state index >= 15 is 0 Å². The number of carbonyl (C=O) groups is 2. The summed E-state index contributed by atoms with van der Waals surface area (Å²) in [4.78, 5) is 22.9. The van der Waals surface area contributed by atoms with Gasteiger partial charge in [0.25, 0.3) is 5.91 Å². The number of amides is 2. The predicted octanol–water partition coefficient (Wildman–Crippen LogP) is 0.320. The molecule has 0 aliphatic rings. The Morgan fingerprint density at radius 2 is 1.95 bits per heavy atom. The number of hydrogen-bond donors (Lipinski definition) is 3. The van der Waals surface area contributed by atoms with Crippen molar-refractivity contribution in [3.8, 4) is 5.69 Å². The molecule has 21 heavy (non-hydrogen) atoms. The number of hydrogen-bond acceptors (Lipinski definition) is 4. The third-order valence-corrected chi connectivity index (χ3v) is 2.90. The Bertz CT molecular complexity index is 633. The second kappa shape index (κ2) is 6.56. The van der Waals surface area contributed by atoms with Crippen LogP contribution in [0.5, 0.6) is 0 Å². The van der Waals surface area contributed by atoms with Gasteiger partial charge in [-0.3, -0.25) is 9.59 Å². The molecule has 0 saturated heterocycles. The zero-order chi connectivity index (χ0) is 15.2. The summed E-state index contributed by atoms with van der Waals surface area (Å²) in [7, 11) is 1.55. The molecule has 0 fully saturated rings. The van der Waals surface area contributed by atoms with Crippen LogP contribution in [0.4, 0.5) is 5.69 Å². The van der Waals surface area contributed by atoms with E-state index < -0.39 is 0 Å². The van der Waals surface area contributed by atoms with Crippen LogP contribution in [-0.2, 0) is 4.79 Å². The van der Waals surface area contributed by atoms with Crippen LogP contribution in [0.1, 0.15) is 16.9 Å². The molecular weight excluding hydrogens is 270 g/mol. The van der Waals surface area contributed by atoms with E-state index in [1.807, 2.05) is 12.1 Å². The molecule has 0 aliphatic carbocycles. The van der Waals surface area contributed by atoms with Gasteiger partial charge in [0.15, 0.2) is 5.69 Å². The lowest BCUT2D eigenvalue weighted by molar-refractivity contribution is -0.120. The molecule has 1 aromatic carbocycles. The summed E-state index contributed by atoms with van der Waals surface area (Å²) < 4.78 is 1.59. The second-order valence-electron chi connectivity index (χ2n) is 4.42. The number of nitrogen functional groups attached to an aromatic ring is 1. The van der Waals surface area contributed by atoms with E-state index in [-0.39, 0.29) is 24.8 Å². The number of anilines is 1. The van der Waals surface area contributed by atoms with Crippen LogP contribution in [0.3, 0.4) is 0 Å². The molecule has 1 heterocycles. The van der Waals surface area contributed by atoms with E-state index in [9.17, 15) is 9.59 Å². The molecule has 2 aromatic rings. The highest BCUT2D eigenvalue weighted by atomic mass is 16.2. The predicted molar refractivity (Wildman–Crippen MR) is 79.0 cm³/mol. The van der Waals surface area contributed by atoms with E-state index in [4.69, 9.17) is 5.73 Å². The average Bonchev–Trinajstić information content (AvgIpc) is 2.97. The van der Waals surface area contributed by atoms with E-state index in [0.29, 0.717) is 11.4 Å². The van der Waals surface area contributed by atoms with Crippen LogP contribution >= 0.6 is 0 Å². The molecule has 110 valence electrons. The maximum atomic E-state index is 11.9. The first-order valence-electron chi connectivity index (χ1n) is 6.50. The summed E-state index contributed by atoms with van der Waals surface area (Å²) >= 11 is 0. The number of carbonyl (C=O) groups excluding carboxylic acids is 2. The zero-order valence-electron chi connectivity index (χ0n) is 11.7. The van der Waals surface area contributed by atoms with E-state index in [0.717, 1.165) is 5.69 Å². The topological polar surface area (TPSA) is 102 Å². The maximum absolute atomic E-state index is 11.9. The Labute approximate surface area is 122 Å². The lowest BCUT2D eigenvalue weighted by Crippen LogP contribution is -2.29. The summed E-state index contributed by atoms with van der Waals surface area (Å²) in [6.07, 6.45) is 1.93. The lowest BCUT2D eigenvalue weighted by Gasteiger charge is -2.03. The minimum Gasteiger partial charge on any atom is -0.399 e. The quantitative estimate of drug-likeness (QED) is 0.689. The van der Waals surface area contributed by atoms with Crippen LogP contribution in [0.2, 0.25) is 0 Å². The smallest absolute Gasteiger partial charge is 0.271 e. The van der Waals surface area contributed by atoms with Gasteiger partial charge in [-0.1, -0.05) is 0 Å². The summed E-state index contributed by atoms with van der Waals surface area (Å²) in [5, 5.41) is 9.32. The van der Waals surface area contributed by atoms with Gasteiger partial charge in [0.05, 0.1) is 5.69 Å². The Hall–Kier alpha value is -2.83. The Morgan fingerprint density at radius 1 is 1.24 bits per heavy atom. The average molecular weight is 287 g/mol. The van der Waals surface area contributed by atoms with Gasteiger partial charge in [-0.15, -0.1) is 0 Å². The fourth-order valence-corrected chi connectivity index (χ4v) is 1.72. The third kappa shape index (κ3) is 3.82. The van der Waals surface area contributed by atoms with Gasteiger partial charge in [0.2, 0.25) is 5.91 Å². The van der Waals surface area contributed by atoms with Gasteiger partial charge in [-0.05, 0) is 30.3 Å². The van der Waals surface area contributed by atoms with Gasteiger partial charge in [-0.25, -0.2) is 4.68 Å². The van der Waals surface area contributed by atoms with Crippen molar-refractivity contribution in [3.05, 3.63) is 42.2 Å². The third-order valence-electron chi connectivity index (χ3n) is 2.90. The molecule has 0 aliphatic heterocycles. The van der Waals surface area contributed by atoms with Crippen LogP contribution in [-0.4, -0.2) is 35.2 Å². The van der Waals surface area contributed by atoms with Crippen molar-refractivity contribution < 1.29 is 9.59 Å². The van der Waals surface area contributed by atoms with Gasteiger partial charge < -0.3 is 16.4 Å². The van der Waals surface area contributed by atoms with Crippen molar-refractivity contribution in [3.63, 3.8) is 0 Å². The molecule has 2 amide bonds. The second-order valence-corrected chi connectivity index (χ2v) is 4.42. The number of rotatable bonds is 5. The SMILES string of the molecule is CNC(=O)CCNC(=O)c1ccn(-c2ccc(N)cc2)n1. The van der Waals surface area contributed by atoms with Crippen molar-refractivity contribution >= 4 is 17.5 Å². The molecule has 0 saturated carbocycles. The fraction of sp³-hybridized carbons (Fsp3) is 0.214. The van der Waals surface area contributed by atoms with Crippen LogP contribution in [0, 0.1) is 0 Å². The highest BCUT2D eigenvalue weighted by Crippen LogP contribution is 2.10.